The summed E-state index contributed by atoms with van der Waals surface area (Å²) in [5, 5.41) is 17.6. The van der Waals surface area contributed by atoms with Gasteiger partial charge in [0.15, 0.2) is 6.29 Å². The minimum atomic E-state index is -0.418. The van der Waals surface area contributed by atoms with Gasteiger partial charge in [-0.05, 0) is 75.2 Å². The van der Waals surface area contributed by atoms with Gasteiger partial charge in [-0.15, -0.1) is 0 Å². The highest BCUT2D eigenvalue weighted by Crippen LogP contribution is 2.57. The number of aliphatic hydroxyl groups is 1. The van der Waals surface area contributed by atoms with E-state index in [0.29, 0.717) is 29.7 Å². The predicted octanol–water partition coefficient (Wildman–Crippen LogP) is 2.15. The molecule has 4 atom stereocenters. The molecule has 0 spiro atoms. The minimum absolute atomic E-state index is 0.108. The number of nitrogens with one attached hydrogen (secondary N) is 2. The predicted molar refractivity (Wildman–Crippen MR) is 111 cm³/mol. The second kappa shape index (κ2) is 6.81. The molecule has 1 amide bonds. The van der Waals surface area contributed by atoms with E-state index in [1.165, 1.54) is 44.2 Å². The summed E-state index contributed by atoms with van der Waals surface area (Å²) in [6.45, 7) is 0.752. The fourth-order valence-electron chi connectivity index (χ4n) is 7.72. The Morgan fingerprint density at radius 3 is 2.55 bits per heavy atom. The zero-order valence-corrected chi connectivity index (χ0v) is 17.2. The molecule has 5 aliphatic carbocycles. The van der Waals surface area contributed by atoms with E-state index in [4.69, 9.17) is 4.99 Å². The van der Waals surface area contributed by atoms with Gasteiger partial charge in [-0.1, -0.05) is 12.8 Å². The van der Waals surface area contributed by atoms with Gasteiger partial charge in [-0.2, -0.15) is 0 Å². The highest BCUT2D eigenvalue weighted by Gasteiger charge is 2.56. The fraction of sp³-hybridized carbons (Fsp3) is 0.826. The first-order valence-electron chi connectivity index (χ1n) is 11.9. The maximum atomic E-state index is 12.3. The van der Waals surface area contributed by atoms with Crippen LogP contribution in [0.2, 0.25) is 0 Å². The van der Waals surface area contributed by atoms with E-state index in [0.717, 1.165) is 32.2 Å². The summed E-state index contributed by atoms with van der Waals surface area (Å²) < 4.78 is 0. The summed E-state index contributed by atoms with van der Waals surface area (Å²) in [4.78, 5) is 19.9. The third-order valence-electron chi connectivity index (χ3n) is 8.68. The molecule has 6 nitrogen and oxygen atoms in total. The van der Waals surface area contributed by atoms with Crippen LogP contribution in [0.3, 0.4) is 0 Å². The third-order valence-corrected chi connectivity index (χ3v) is 8.68. The average Bonchev–Trinajstić information content (AvgIpc) is 3.33. The van der Waals surface area contributed by atoms with Gasteiger partial charge in [0.2, 0.25) is 5.91 Å². The van der Waals surface area contributed by atoms with Crippen LogP contribution < -0.4 is 10.6 Å². The molecule has 0 aromatic rings. The molecule has 1 saturated heterocycles. The highest BCUT2D eigenvalue weighted by atomic mass is 16.3. The fourth-order valence-corrected chi connectivity index (χ4v) is 7.72. The standard InChI is InChI=1S/C23H34N4O2/c28-21-19(5-7-24-21)26-22-25-18(15-3-1-2-4-15)6-8-27(22)20-16-9-14-10-17(20)13-23(29,11-14)12-16/h6,8,14-17,19-20,22,26,29H,1-5,7,9-13H2,(H,24,28)/t14?,16?,17?,19-,20?,22?,23?/m0/s1. The van der Waals surface area contributed by atoms with E-state index in [1.54, 1.807) is 0 Å². The monoisotopic (exact) mass is 398 g/mol. The van der Waals surface area contributed by atoms with Crippen molar-refractivity contribution in [3.8, 4) is 0 Å². The number of rotatable bonds is 4. The summed E-state index contributed by atoms with van der Waals surface area (Å²) in [6.07, 6.45) is 15.7. The van der Waals surface area contributed by atoms with E-state index >= 15 is 0 Å². The van der Waals surface area contributed by atoms with Crippen molar-refractivity contribution in [2.75, 3.05) is 6.54 Å². The number of carbonyl (C=O) groups is 1. The van der Waals surface area contributed by atoms with Crippen LogP contribution in [-0.4, -0.2) is 52.1 Å². The van der Waals surface area contributed by atoms with Crippen molar-refractivity contribution in [2.45, 2.75) is 88.2 Å². The zero-order chi connectivity index (χ0) is 19.6. The lowest BCUT2D eigenvalue weighted by Crippen LogP contribution is -2.64. The van der Waals surface area contributed by atoms with Crippen LogP contribution in [0.4, 0.5) is 0 Å². The summed E-state index contributed by atoms with van der Waals surface area (Å²) in [7, 11) is 0. The molecule has 3 N–H and O–H groups in total. The molecule has 4 bridgehead atoms. The second-order valence-electron chi connectivity index (χ2n) is 10.7. The van der Waals surface area contributed by atoms with Crippen molar-refractivity contribution >= 4 is 11.6 Å². The maximum absolute atomic E-state index is 12.3. The minimum Gasteiger partial charge on any atom is -0.390 e. The van der Waals surface area contributed by atoms with E-state index in [9.17, 15) is 9.90 Å². The summed E-state index contributed by atoms with van der Waals surface area (Å²) >= 11 is 0. The van der Waals surface area contributed by atoms with Crippen LogP contribution in [0.1, 0.15) is 64.2 Å². The lowest BCUT2D eigenvalue weighted by molar-refractivity contribution is -0.159. The van der Waals surface area contributed by atoms with Gasteiger partial charge in [0, 0.05) is 30.4 Å². The molecule has 5 saturated carbocycles. The molecule has 0 aromatic carbocycles. The summed E-state index contributed by atoms with van der Waals surface area (Å²) in [6, 6.07) is 0.280. The number of hydrogen-bond donors (Lipinski definition) is 3. The Hall–Kier alpha value is -1.40. The number of hydrogen-bond acceptors (Lipinski definition) is 5. The van der Waals surface area contributed by atoms with Crippen LogP contribution in [0.15, 0.2) is 17.3 Å². The van der Waals surface area contributed by atoms with Crippen molar-refractivity contribution in [1.29, 1.82) is 0 Å². The first-order valence-corrected chi connectivity index (χ1v) is 11.9. The Bertz CT molecular complexity index is 727. The van der Waals surface area contributed by atoms with Crippen LogP contribution in [0, 0.1) is 23.7 Å². The van der Waals surface area contributed by atoms with Crippen molar-refractivity contribution in [2.24, 2.45) is 28.7 Å². The number of allylic oxidation sites excluding steroid dienone is 1. The normalized spacial score (nSPS) is 46.4. The molecule has 0 aromatic heterocycles. The number of aliphatic imine (C=N–C) groups is 1. The van der Waals surface area contributed by atoms with Gasteiger partial charge in [0.25, 0.3) is 0 Å². The van der Waals surface area contributed by atoms with Crippen LogP contribution in [-0.2, 0) is 4.79 Å². The van der Waals surface area contributed by atoms with Gasteiger partial charge >= 0.3 is 0 Å². The van der Waals surface area contributed by atoms with Gasteiger partial charge in [-0.25, -0.2) is 4.99 Å². The number of amides is 1. The molecule has 29 heavy (non-hydrogen) atoms. The molecule has 6 heteroatoms. The Kier molecular flexibility index (Phi) is 4.31. The molecule has 7 aliphatic rings. The largest absolute Gasteiger partial charge is 0.390 e. The van der Waals surface area contributed by atoms with Crippen LogP contribution >= 0.6 is 0 Å². The van der Waals surface area contributed by atoms with Crippen molar-refractivity contribution in [3.63, 3.8) is 0 Å². The van der Waals surface area contributed by atoms with Crippen molar-refractivity contribution < 1.29 is 9.90 Å². The van der Waals surface area contributed by atoms with E-state index < -0.39 is 5.60 Å². The molecule has 7 rings (SSSR count). The molecule has 3 unspecified atom stereocenters. The second-order valence-corrected chi connectivity index (χ2v) is 10.7. The SMILES string of the molecule is O=C1NCC[C@@H]1NC1N=C(C2CCCC2)C=CN1C1C2CC3CC1CC(O)(C3)C2. The molecule has 2 heterocycles. The van der Waals surface area contributed by atoms with Gasteiger partial charge < -0.3 is 15.3 Å². The molecular weight excluding hydrogens is 364 g/mol. The van der Waals surface area contributed by atoms with Crippen molar-refractivity contribution in [3.05, 3.63) is 12.3 Å². The van der Waals surface area contributed by atoms with Crippen LogP contribution in [0.5, 0.6) is 0 Å². The molecule has 0 radical (unpaired) electrons. The van der Waals surface area contributed by atoms with Gasteiger partial charge in [0.1, 0.15) is 0 Å². The van der Waals surface area contributed by atoms with Crippen LogP contribution in [0.25, 0.3) is 0 Å². The Morgan fingerprint density at radius 2 is 1.90 bits per heavy atom. The number of nitrogens with zero attached hydrogens (tertiary/aromatic N) is 2. The average molecular weight is 399 g/mol. The summed E-state index contributed by atoms with van der Waals surface area (Å²) in [5.41, 5.74) is 0.802. The first-order chi connectivity index (χ1) is 14.1. The van der Waals surface area contributed by atoms with E-state index in [1.807, 2.05) is 0 Å². The Morgan fingerprint density at radius 1 is 1.14 bits per heavy atom. The van der Waals surface area contributed by atoms with Gasteiger partial charge in [-0.3, -0.25) is 10.1 Å². The van der Waals surface area contributed by atoms with Gasteiger partial charge in [0.05, 0.1) is 11.6 Å². The Labute approximate surface area is 173 Å². The topological polar surface area (TPSA) is 77.0 Å². The van der Waals surface area contributed by atoms with E-state index in [2.05, 4.69) is 27.8 Å². The third kappa shape index (κ3) is 3.14. The molecule has 158 valence electrons. The highest BCUT2D eigenvalue weighted by molar-refractivity contribution is 5.97. The Balaban J connectivity index is 1.28. The number of carbonyl (C=O) groups excluding carboxylic acids is 1. The molecule has 6 fully saturated rings. The lowest BCUT2D eigenvalue weighted by Gasteiger charge is -2.61. The quantitative estimate of drug-likeness (QED) is 0.678. The molecule has 2 aliphatic heterocycles. The molecular formula is C23H34N4O2. The smallest absolute Gasteiger partial charge is 0.237 e. The first kappa shape index (κ1) is 18.4. The maximum Gasteiger partial charge on any atom is 0.237 e. The zero-order valence-electron chi connectivity index (χ0n) is 17.2. The van der Waals surface area contributed by atoms with E-state index in [-0.39, 0.29) is 18.2 Å². The lowest BCUT2D eigenvalue weighted by atomic mass is 9.52. The van der Waals surface area contributed by atoms with Crippen molar-refractivity contribution in [1.82, 2.24) is 15.5 Å². The summed E-state index contributed by atoms with van der Waals surface area (Å²) in [5.74, 6) is 2.47.